The average molecular weight is 276 g/mol. The zero-order valence-corrected chi connectivity index (χ0v) is 11.3. The van der Waals surface area contributed by atoms with Crippen molar-refractivity contribution in [2.75, 3.05) is 14.2 Å². The third-order valence-corrected chi connectivity index (χ3v) is 3.25. The van der Waals surface area contributed by atoms with E-state index in [9.17, 15) is 4.79 Å². The van der Waals surface area contributed by atoms with Crippen LogP contribution in [-0.2, 0) is 4.74 Å². The molecule has 0 radical (unpaired) electrons. The van der Waals surface area contributed by atoms with Gasteiger partial charge in [-0.15, -0.1) is 0 Å². The van der Waals surface area contributed by atoms with E-state index in [-0.39, 0.29) is 5.97 Å². The molecule has 0 N–H and O–H groups in total. The summed E-state index contributed by atoms with van der Waals surface area (Å²) in [5.41, 5.74) is 0.526. The number of methoxy groups -OCH3 is 2. The smallest absolute Gasteiger partial charge is 0.337 e. The quantitative estimate of drug-likeness (QED) is 0.799. The number of benzene rings is 1. The molecule has 0 fully saturated rings. The summed E-state index contributed by atoms with van der Waals surface area (Å²) in [4.78, 5) is 21.2. The Bertz CT molecular complexity index is 555. The van der Waals surface area contributed by atoms with Crippen molar-refractivity contribution in [2.24, 2.45) is 0 Å². The third-order valence-electron chi connectivity index (χ3n) is 2.30. The molecule has 0 bridgehead atoms. The topological polar surface area (TPSA) is 61.3 Å². The van der Waals surface area contributed by atoms with Crippen LogP contribution in [0.25, 0.3) is 0 Å². The Kier molecular flexibility index (Phi) is 4.35. The summed E-state index contributed by atoms with van der Waals surface area (Å²) in [6, 6.07) is 7.48. The maximum atomic E-state index is 11.3. The standard InChI is InChI=1S/C13H12N2O3S/c1-17-12(16)9-3-5-10(6-4-9)19-11-7-14-13(18-2)15-8-11/h3-8H,1-2H3. The van der Waals surface area contributed by atoms with Gasteiger partial charge in [-0.25, -0.2) is 14.8 Å². The molecular weight excluding hydrogens is 264 g/mol. The number of carbonyl (C=O) groups excluding carboxylic acids is 1. The van der Waals surface area contributed by atoms with Gasteiger partial charge in [-0.1, -0.05) is 11.8 Å². The minimum absolute atomic E-state index is 0.338. The Labute approximate surface area is 115 Å². The summed E-state index contributed by atoms with van der Waals surface area (Å²) in [6.07, 6.45) is 3.37. The van der Waals surface area contributed by atoms with Crippen LogP contribution in [0.2, 0.25) is 0 Å². The van der Waals surface area contributed by atoms with Crippen LogP contribution in [0.4, 0.5) is 0 Å². The lowest BCUT2D eigenvalue weighted by molar-refractivity contribution is 0.0600. The summed E-state index contributed by atoms with van der Waals surface area (Å²) in [7, 11) is 2.88. The molecule has 0 spiro atoms. The number of nitrogens with zero attached hydrogens (tertiary/aromatic N) is 2. The summed E-state index contributed by atoms with van der Waals surface area (Å²) in [5, 5.41) is 0. The number of carbonyl (C=O) groups is 1. The van der Waals surface area contributed by atoms with Gasteiger partial charge in [-0.3, -0.25) is 0 Å². The summed E-state index contributed by atoms with van der Waals surface area (Å²) < 4.78 is 9.53. The molecular formula is C13H12N2O3S. The summed E-state index contributed by atoms with van der Waals surface area (Å²) in [5.74, 6) is -0.343. The highest BCUT2D eigenvalue weighted by Gasteiger charge is 2.05. The molecule has 0 unspecified atom stereocenters. The molecule has 19 heavy (non-hydrogen) atoms. The van der Waals surface area contributed by atoms with E-state index in [0.29, 0.717) is 11.6 Å². The van der Waals surface area contributed by atoms with Gasteiger partial charge < -0.3 is 9.47 Å². The predicted octanol–water partition coefficient (Wildman–Crippen LogP) is 2.42. The minimum Gasteiger partial charge on any atom is -0.467 e. The number of aromatic nitrogens is 2. The fourth-order valence-electron chi connectivity index (χ4n) is 1.38. The first-order valence-electron chi connectivity index (χ1n) is 5.45. The van der Waals surface area contributed by atoms with Gasteiger partial charge in [-0.2, -0.15) is 0 Å². The molecule has 1 heterocycles. The van der Waals surface area contributed by atoms with E-state index in [2.05, 4.69) is 14.7 Å². The van der Waals surface area contributed by atoms with Crippen LogP contribution in [-0.4, -0.2) is 30.2 Å². The number of ether oxygens (including phenoxy) is 2. The summed E-state index contributed by atoms with van der Waals surface area (Å²) >= 11 is 1.50. The second-order valence-electron chi connectivity index (χ2n) is 3.52. The Hall–Kier alpha value is -2.08. The van der Waals surface area contributed by atoms with Crippen molar-refractivity contribution < 1.29 is 14.3 Å². The highest BCUT2D eigenvalue weighted by molar-refractivity contribution is 7.99. The second kappa shape index (κ2) is 6.19. The van der Waals surface area contributed by atoms with Crippen LogP contribution in [0.1, 0.15) is 10.4 Å². The van der Waals surface area contributed by atoms with Crippen LogP contribution in [0.15, 0.2) is 46.5 Å². The van der Waals surface area contributed by atoms with Crippen LogP contribution >= 0.6 is 11.8 Å². The van der Waals surface area contributed by atoms with E-state index in [0.717, 1.165) is 9.79 Å². The number of hydrogen-bond acceptors (Lipinski definition) is 6. The molecule has 98 valence electrons. The second-order valence-corrected chi connectivity index (χ2v) is 4.67. The van der Waals surface area contributed by atoms with E-state index < -0.39 is 0 Å². The number of hydrogen-bond donors (Lipinski definition) is 0. The SMILES string of the molecule is COC(=O)c1ccc(Sc2cnc(OC)nc2)cc1. The molecule has 0 aliphatic heterocycles. The Morgan fingerprint density at radius 2 is 1.68 bits per heavy atom. The molecule has 5 nitrogen and oxygen atoms in total. The molecule has 2 aromatic rings. The van der Waals surface area contributed by atoms with E-state index >= 15 is 0 Å². The van der Waals surface area contributed by atoms with Gasteiger partial charge in [0.25, 0.3) is 0 Å². The first-order chi connectivity index (χ1) is 9.22. The lowest BCUT2D eigenvalue weighted by Crippen LogP contribution is -2.00. The molecule has 1 aromatic heterocycles. The molecule has 6 heteroatoms. The Balaban J connectivity index is 2.08. The van der Waals surface area contributed by atoms with Gasteiger partial charge in [0.2, 0.25) is 0 Å². The predicted molar refractivity (Wildman–Crippen MR) is 70.5 cm³/mol. The largest absolute Gasteiger partial charge is 0.467 e. The fourth-order valence-corrected chi connectivity index (χ4v) is 2.13. The van der Waals surface area contributed by atoms with Gasteiger partial charge in [0.05, 0.1) is 19.8 Å². The van der Waals surface area contributed by atoms with Gasteiger partial charge in [-0.05, 0) is 24.3 Å². The lowest BCUT2D eigenvalue weighted by atomic mass is 10.2. The van der Waals surface area contributed by atoms with Gasteiger partial charge >= 0.3 is 12.0 Å². The Morgan fingerprint density at radius 1 is 1.05 bits per heavy atom. The normalized spacial score (nSPS) is 10.0. The van der Waals surface area contributed by atoms with Crippen molar-refractivity contribution in [1.29, 1.82) is 0 Å². The van der Waals surface area contributed by atoms with E-state index in [4.69, 9.17) is 4.74 Å². The number of rotatable bonds is 4. The minimum atomic E-state index is -0.343. The fraction of sp³-hybridized carbons (Fsp3) is 0.154. The zero-order valence-electron chi connectivity index (χ0n) is 10.5. The molecule has 0 saturated carbocycles. The van der Waals surface area contributed by atoms with E-state index in [1.54, 1.807) is 24.5 Å². The third kappa shape index (κ3) is 3.45. The van der Waals surface area contributed by atoms with Crippen molar-refractivity contribution in [3.8, 4) is 6.01 Å². The maximum absolute atomic E-state index is 11.3. The van der Waals surface area contributed by atoms with Crippen molar-refractivity contribution in [3.63, 3.8) is 0 Å². The van der Waals surface area contributed by atoms with Crippen molar-refractivity contribution in [2.45, 2.75) is 9.79 Å². The monoisotopic (exact) mass is 276 g/mol. The molecule has 0 saturated heterocycles. The van der Waals surface area contributed by atoms with Gasteiger partial charge in [0.15, 0.2) is 0 Å². The van der Waals surface area contributed by atoms with Gasteiger partial charge in [0, 0.05) is 22.2 Å². The molecule has 0 amide bonds. The van der Waals surface area contributed by atoms with Crippen molar-refractivity contribution in [3.05, 3.63) is 42.2 Å². The summed E-state index contributed by atoms with van der Waals surface area (Å²) in [6.45, 7) is 0. The average Bonchev–Trinajstić information content (AvgIpc) is 2.48. The molecule has 0 aliphatic carbocycles. The molecule has 2 rings (SSSR count). The molecule has 1 aromatic carbocycles. The highest BCUT2D eigenvalue weighted by Crippen LogP contribution is 2.27. The van der Waals surface area contributed by atoms with E-state index in [1.165, 1.54) is 26.0 Å². The maximum Gasteiger partial charge on any atom is 0.337 e. The number of esters is 1. The Morgan fingerprint density at radius 3 is 2.21 bits per heavy atom. The zero-order chi connectivity index (χ0) is 13.7. The first kappa shape index (κ1) is 13.4. The van der Waals surface area contributed by atoms with Crippen LogP contribution in [0.3, 0.4) is 0 Å². The first-order valence-corrected chi connectivity index (χ1v) is 6.27. The highest BCUT2D eigenvalue weighted by atomic mass is 32.2. The van der Waals surface area contributed by atoms with Crippen molar-refractivity contribution >= 4 is 17.7 Å². The molecule has 0 aliphatic rings. The van der Waals surface area contributed by atoms with Crippen LogP contribution in [0, 0.1) is 0 Å². The van der Waals surface area contributed by atoms with Crippen LogP contribution < -0.4 is 4.74 Å². The lowest BCUT2D eigenvalue weighted by Gasteiger charge is -2.03. The van der Waals surface area contributed by atoms with E-state index in [1.807, 2.05) is 12.1 Å². The van der Waals surface area contributed by atoms with Crippen LogP contribution in [0.5, 0.6) is 6.01 Å². The van der Waals surface area contributed by atoms with Crippen molar-refractivity contribution in [1.82, 2.24) is 9.97 Å². The van der Waals surface area contributed by atoms with Gasteiger partial charge in [0.1, 0.15) is 0 Å². The molecule has 0 atom stereocenters.